The first kappa shape index (κ1) is 20.2. The van der Waals surface area contributed by atoms with Gasteiger partial charge in [-0.25, -0.2) is 4.68 Å². The molecular formula is C21H26N4O2S. The molecule has 6 nitrogen and oxygen atoms in total. The van der Waals surface area contributed by atoms with E-state index in [-0.39, 0.29) is 11.3 Å². The molecule has 7 heteroatoms. The van der Waals surface area contributed by atoms with Crippen molar-refractivity contribution in [2.24, 2.45) is 0 Å². The van der Waals surface area contributed by atoms with Gasteiger partial charge in [0, 0.05) is 22.8 Å². The summed E-state index contributed by atoms with van der Waals surface area (Å²) in [5.41, 5.74) is 3.66. The monoisotopic (exact) mass is 398 g/mol. The van der Waals surface area contributed by atoms with Gasteiger partial charge in [-0.3, -0.25) is 4.79 Å². The standard InChI is InChI=1S/C21H26N4O2S/c1-14-17(15(2)27-24-14)12-28-13-20(26)22-19-11-18(21(3,4)5)23-25(19)16-9-7-6-8-10-16/h6-11H,12-13H2,1-5H3,(H,22,26). The fourth-order valence-corrected chi connectivity index (χ4v) is 3.71. The largest absolute Gasteiger partial charge is 0.361 e. The molecule has 148 valence electrons. The van der Waals surface area contributed by atoms with Gasteiger partial charge in [0.15, 0.2) is 0 Å². The minimum absolute atomic E-state index is 0.0608. The lowest BCUT2D eigenvalue weighted by Crippen LogP contribution is -2.17. The van der Waals surface area contributed by atoms with Crippen LogP contribution in [0.2, 0.25) is 0 Å². The fraction of sp³-hybridized carbons (Fsp3) is 0.381. The maximum Gasteiger partial charge on any atom is 0.235 e. The lowest BCUT2D eigenvalue weighted by Gasteiger charge is -2.14. The molecule has 1 aromatic carbocycles. The van der Waals surface area contributed by atoms with E-state index in [0.29, 0.717) is 17.3 Å². The van der Waals surface area contributed by atoms with Crippen molar-refractivity contribution >= 4 is 23.5 Å². The lowest BCUT2D eigenvalue weighted by atomic mass is 9.92. The Labute approximate surface area is 169 Å². The third kappa shape index (κ3) is 4.65. The molecule has 1 N–H and O–H groups in total. The number of hydrogen-bond donors (Lipinski definition) is 1. The van der Waals surface area contributed by atoms with Crippen molar-refractivity contribution in [3.05, 3.63) is 59.1 Å². The highest BCUT2D eigenvalue weighted by Gasteiger charge is 2.21. The molecule has 0 fully saturated rings. The van der Waals surface area contributed by atoms with Gasteiger partial charge >= 0.3 is 0 Å². The van der Waals surface area contributed by atoms with Crippen LogP contribution < -0.4 is 5.32 Å². The number of anilines is 1. The number of para-hydroxylation sites is 1. The summed E-state index contributed by atoms with van der Waals surface area (Å²) in [7, 11) is 0. The molecule has 0 aliphatic rings. The third-order valence-electron chi connectivity index (χ3n) is 4.41. The molecule has 0 aliphatic carbocycles. The van der Waals surface area contributed by atoms with E-state index in [4.69, 9.17) is 9.62 Å². The predicted octanol–water partition coefficient (Wildman–Crippen LogP) is 4.65. The summed E-state index contributed by atoms with van der Waals surface area (Å²) in [6, 6.07) is 11.8. The maximum atomic E-state index is 12.5. The minimum atomic E-state index is -0.113. The first-order chi connectivity index (χ1) is 13.3. The summed E-state index contributed by atoms with van der Waals surface area (Å²) >= 11 is 1.54. The minimum Gasteiger partial charge on any atom is -0.361 e. The molecular weight excluding hydrogens is 372 g/mol. The second kappa shape index (κ2) is 8.22. The maximum absolute atomic E-state index is 12.5. The molecule has 0 unspecified atom stereocenters. The van der Waals surface area contributed by atoms with Crippen LogP contribution in [0.25, 0.3) is 5.69 Å². The van der Waals surface area contributed by atoms with Gasteiger partial charge < -0.3 is 9.84 Å². The second-order valence-corrected chi connectivity index (χ2v) is 8.74. The van der Waals surface area contributed by atoms with Crippen molar-refractivity contribution in [1.29, 1.82) is 0 Å². The highest BCUT2D eigenvalue weighted by molar-refractivity contribution is 7.99. The Morgan fingerprint density at radius 3 is 2.54 bits per heavy atom. The van der Waals surface area contributed by atoms with E-state index in [1.165, 1.54) is 11.8 Å². The van der Waals surface area contributed by atoms with E-state index in [1.54, 1.807) is 4.68 Å². The molecule has 0 aliphatic heterocycles. The van der Waals surface area contributed by atoms with Crippen LogP contribution in [0.15, 0.2) is 40.9 Å². The van der Waals surface area contributed by atoms with E-state index in [1.807, 2.05) is 50.2 Å². The number of hydrogen-bond acceptors (Lipinski definition) is 5. The molecule has 0 bridgehead atoms. The van der Waals surface area contributed by atoms with E-state index >= 15 is 0 Å². The zero-order valence-corrected chi connectivity index (χ0v) is 17.8. The van der Waals surface area contributed by atoms with Crippen molar-refractivity contribution in [2.75, 3.05) is 11.1 Å². The number of aryl methyl sites for hydroxylation is 2. The second-order valence-electron chi connectivity index (χ2n) is 7.76. The van der Waals surface area contributed by atoms with Gasteiger partial charge in [0.05, 0.1) is 22.8 Å². The third-order valence-corrected chi connectivity index (χ3v) is 5.37. The highest BCUT2D eigenvalue weighted by atomic mass is 32.2. The highest BCUT2D eigenvalue weighted by Crippen LogP contribution is 2.26. The normalized spacial score (nSPS) is 11.6. The molecule has 1 amide bonds. The molecule has 0 saturated heterocycles. The van der Waals surface area contributed by atoms with Crippen LogP contribution in [-0.4, -0.2) is 26.6 Å². The molecule has 2 heterocycles. The summed E-state index contributed by atoms with van der Waals surface area (Å²) in [5.74, 6) is 2.46. The average molecular weight is 399 g/mol. The number of carbonyl (C=O) groups is 1. The molecule has 2 aromatic heterocycles. The van der Waals surface area contributed by atoms with E-state index in [0.717, 1.165) is 28.4 Å². The Morgan fingerprint density at radius 1 is 1.21 bits per heavy atom. The smallest absolute Gasteiger partial charge is 0.235 e. The fourth-order valence-electron chi connectivity index (χ4n) is 2.74. The first-order valence-corrected chi connectivity index (χ1v) is 10.4. The number of amides is 1. The van der Waals surface area contributed by atoms with Crippen molar-refractivity contribution < 1.29 is 9.32 Å². The summed E-state index contributed by atoms with van der Waals surface area (Å²) in [6.45, 7) is 10.1. The Bertz CT molecular complexity index is 935. The van der Waals surface area contributed by atoms with Crippen LogP contribution in [-0.2, 0) is 16.0 Å². The van der Waals surface area contributed by atoms with Crippen molar-refractivity contribution in [3.8, 4) is 5.69 Å². The molecule has 0 saturated carbocycles. The molecule has 3 rings (SSSR count). The zero-order valence-electron chi connectivity index (χ0n) is 16.9. The summed E-state index contributed by atoms with van der Waals surface area (Å²) in [6.07, 6.45) is 0. The van der Waals surface area contributed by atoms with Gasteiger partial charge in [-0.15, -0.1) is 11.8 Å². The predicted molar refractivity (Wildman–Crippen MR) is 113 cm³/mol. The van der Waals surface area contributed by atoms with Crippen molar-refractivity contribution in [1.82, 2.24) is 14.9 Å². The first-order valence-electron chi connectivity index (χ1n) is 9.21. The van der Waals surface area contributed by atoms with Gasteiger partial charge in [0.25, 0.3) is 0 Å². The van der Waals surface area contributed by atoms with E-state index in [9.17, 15) is 4.79 Å². The average Bonchev–Trinajstić information content (AvgIpc) is 3.20. The van der Waals surface area contributed by atoms with Gasteiger partial charge in [0.1, 0.15) is 11.6 Å². The number of carbonyl (C=O) groups excluding carboxylic acids is 1. The van der Waals surface area contributed by atoms with Gasteiger partial charge in [-0.05, 0) is 26.0 Å². The molecule has 0 spiro atoms. The summed E-state index contributed by atoms with van der Waals surface area (Å²) in [4.78, 5) is 12.5. The number of nitrogens with one attached hydrogen (secondary N) is 1. The van der Waals surface area contributed by atoms with Crippen molar-refractivity contribution in [3.63, 3.8) is 0 Å². The SMILES string of the molecule is Cc1noc(C)c1CSCC(=O)Nc1cc(C(C)(C)C)nn1-c1ccccc1. The Hall–Kier alpha value is -2.54. The van der Waals surface area contributed by atoms with Gasteiger partial charge in [-0.1, -0.05) is 44.1 Å². The summed E-state index contributed by atoms with van der Waals surface area (Å²) < 4.78 is 6.96. The molecule has 0 atom stereocenters. The van der Waals surface area contributed by atoms with E-state index in [2.05, 4.69) is 31.2 Å². The van der Waals surface area contributed by atoms with E-state index < -0.39 is 0 Å². The molecule has 3 aromatic rings. The lowest BCUT2D eigenvalue weighted by molar-refractivity contribution is -0.113. The molecule has 0 radical (unpaired) electrons. The Balaban J connectivity index is 1.72. The Kier molecular flexibility index (Phi) is 5.93. The van der Waals surface area contributed by atoms with Crippen LogP contribution in [0.5, 0.6) is 0 Å². The summed E-state index contributed by atoms with van der Waals surface area (Å²) in [5, 5.41) is 11.7. The van der Waals surface area contributed by atoms with Crippen molar-refractivity contribution in [2.45, 2.75) is 45.8 Å². The number of aromatic nitrogens is 3. The number of rotatable bonds is 6. The van der Waals surface area contributed by atoms with Crippen LogP contribution in [0, 0.1) is 13.8 Å². The van der Waals surface area contributed by atoms with Crippen LogP contribution in [0.4, 0.5) is 5.82 Å². The van der Waals surface area contributed by atoms with Gasteiger partial charge in [0.2, 0.25) is 5.91 Å². The Morgan fingerprint density at radius 2 is 1.93 bits per heavy atom. The topological polar surface area (TPSA) is 73.0 Å². The van der Waals surface area contributed by atoms with Crippen LogP contribution in [0.3, 0.4) is 0 Å². The van der Waals surface area contributed by atoms with Crippen LogP contribution >= 0.6 is 11.8 Å². The quantitative estimate of drug-likeness (QED) is 0.654. The molecule has 28 heavy (non-hydrogen) atoms. The van der Waals surface area contributed by atoms with Gasteiger partial charge in [-0.2, -0.15) is 5.10 Å². The number of benzene rings is 1. The number of thioether (sulfide) groups is 1. The van der Waals surface area contributed by atoms with Crippen LogP contribution in [0.1, 0.15) is 43.5 Å². The number of nitrogens with zero attached hydrogens (tertiary/aromatic N) is 3. The zero-order chi connectivity index (χ0) is 20.3.